The zero-order valence-electron chi connectivity index (χ0n) is 18.8. The summed E-state index contributed by atoms with van der Waals surface area (Å²) in [4.78, 5) is 25.1. The monoisotopic (exact) mass is 459 g/mol. The van der Waals surface area contributed by atoms with E-state index in [1.54, 1.807) is 30.3 Å². The van der Waals surface area contributed by atoms with Crippen molar-refractivity contribution >= 4 is 17.4 Å². The maximum Gasteiger partial charge on any atom is 0.262 e. The molecule has 1 unspecified atom stereocenters. The molecule has 1 aliphatic carbocycles. The lowest BCUT2D eigenvalue weighted by Gasteiger charge is -2.31. The van der Waals surface area contributed by atoms with E-state index in [1.165, 1.54) is 0 Å². The highest BCUT2D eigenvalue weighted by molar-refractivity contribution is 5.99. The number of ketones is 1. The molecule has 1 aliphatic heterocycles. The van der Waals surface area contributed by atoms with Gasteiger partial charge < -0.3 is 25.3 Å². The van der Waals surface area contributed by atoms with Crippen molar-refractivity contribution in [1.82, 2.24) is 0 Å². The summed E-state index contributed by atoms with van der Waals surface area (Å²) in [5.74, 6) is 0.303. The summed E-state index contributed by atoms with van der Waals surface area (Å²) in [6.07, 6.45) is 1.67. The number of para-hydroxylation sites is 1. The van der Waals surface area contributed by atoms with E-state index in [0.717, 1.165) is 0 Å². The lowest BCUT2D eigenvalue weighted by molar-refractivity contribution is -0.118. The second-order valence-corrected chi connectivity index (χ2v) is 7.88. The Morgan fingerprint density at radius 3 is 2.71 bits per heavy atom. The molecule has 1 atom stereocenters. The minimum Gasteiger partial charge on any atom is -0.490 e. The number of hydrogen-bond acceptors (Lipinski definition) is 7. The van der Waals surface area contributed by atoms with Gasteiger partial charge in [-0.3, -0.25) is 9.59 Å². The van der Waals surface area contributed by atoms with Gasteiger partial charge in [-0.1, -0.05) is 24.3 Å². The molecule has 8 nitrogen and oxygen atoms in total. The molecule has 0 saturated heterocycles. The molecule has 3 N–H and O–H groups in total. The van der Waals surface area contributed by atoms with E-state index in [2.05, 4.69) is 11.4 Å². The highest BCUT2D eigenvalue weighted by Gasteiger charge is 2.38. The minimum atomic E-state index is -0.642. The van der Waals surface area contributed by atoms with Crippen molar-refractivity contribution in [2.75, 3.05) is 18.5 Å². The fourth-order valence-electron chi connectivity index (χ4n) is 4.14. The summed E-state index contributed by atoms with van der Waals surface area (Å²) in [5, 5.41) is 12.5. The van der Waals surface area contributed by atoms with E-state index in [-0.39, 0.29) is 29.8 Å². The van der Waals surface area contributed by atoms with Crippen molar-refractivity contribution < 1.29 is 23.8 Å². The third-order valence-electron chi connectivity index (χ3n) is 5.62. The number of benzene rings is 2. The largest absolute Gasteiger partial charge is 0.490 e. The number of amides is 1. The SMILES string of the molecule is CCOc1cc(C2C(C#N)=C(N)OC3=C2C(=O)CCC3)ccc1OCC(=O)Nc1ccccc1. The number of hydrogen-bond donors (Lipinski definition) is 2. The third-order valence-corrected chi connectivity index (χ3v) is 5.62. The van der Waals surface area contributed by atoms with Crippen molar-refractivity contribution in [1.29, 1.82) is 5.26 Å². The standard InChI is InChI=1S/C26H25N3O5/c1-2-32-22-13-16(11-12-20(22)33-15-23(31)29-17-7-4-3-5-8-17)24-18(14-27)26(28)34-21-10-6-9-19(30)25(21)24/h3-5,7-8,11-13,24H,2,6,9-10,15,28H2,1H3,(H,29,31). The molecule has 0 fully saturated rings. The Bertz CT molecular complexity index is 1210. The average molecular weight is 460 g/mol. The maximum absolute atomic E-state index is 12.8. The van der Waals surface area contributed by atoms with Crippen LogP contribution in [0.3, 0.4) is 0 Å². The average Bonchev–Trinajstić information content (AvgIpc) is 2.83. The van der Waals surface area contributed by atoms with E-state index in [4.69, 9.17) is 19.9 Å². The Morgan fingerprint density at radius 2 is 1.97 bits per heavy atom. The predicted molar refractivity (Wildman–Crippen MR) is 125 cm³/mol. The summed E-state index contributed by atoms with van der Waals surface area (Å²) in [7, 11) is 0. The number of nitrogens with two attached hydrogens (primary N) is 1. The first-order valence-corrected chi connectivity index (χ1v) is 11.1. The molecule has 34 heavy (non-hydrogen) atoms. The second kappa shape index (κ2) is 10.1. The van der Waals surface area contributed by atoms with Gasteiger partial charge >= 0.3 is 0 Å². The van der Waals surface area contributed by atoms with Crippen molar-refractivity contribution in [3.05, 3.63) is 76.9 Å². The van der Waals surface area contributed by atoms with Gasteiger partial charge in [-0.25, -0.2) is 0 Å². The number of allylic oxidation sites excluding steroid dienone is 3. The van der Waals surface area contributed by atoms with Crippen molar-refractivity contribution in [3.63, 3.8) is 0 Å². The summed E-state index contributed by atoms with van der Waals surface area (Å²) in [5.41, 5.74) is 8.02. The lowest BCUT2D eigenvalue weighted by atomic mass is 9.77. The lowest BCUT2D eigenvalue weighted by Crippen LogP contribution is -2.27. The fourth-order valence-corrected chi connectivity index (χ4v) is 4.14. The van der Waals surface area contributed by atoms with Crippen LogP contribution in [-0.2, 0) is 14.3 Å². The van der Waals surface area contributed by atoms with Crippen LogP contribution in [0, 0.1) is 11.3 Å². The van der Waals surface area contributed by atoms with Crippen molar-refractivity contribution in [2.45, 2.75) is 32.1 Å². The van der Waals surface area contributed by atoms with Gasteiger partial charge in [-0.05, 0) is 43.2 Å². The first-order chi connectivity index (χ1) is 16.5. The summed E-state index contributed by atoms with van der Waals surface area (Å²) in [6, 6.07) is 16.3. The first-order valence-electron chi connectivity index (χ1n) is 11.1. The van der Waals surface area contributed by atoms with Crippen LogP contribution in [0.5, 0.6) is 11.5 Å². The molecule has 1 amide bonds. The molecular weight excluding hydrogens is 434 g/mol. The molecule has 0 bridgehead atoms. The van der Waals surface area contributed by atoms with Gasteiger partial charge in [0.25, 0.3) is 5.91 Å². The predicted octanol–water partition coefficient (Wildman–Crippen LogP) is 3.92. The molecule has 4 rings (SSSR count). The number of carbonyl (C=O) groups is 2. The van der Waals surface area contributed by atoms with Crippen LogP contribution in [0.2, 0.25) is 0 Å². The number of nitriles is 1. The Labute approximate surface area is 197 Å². The van der Waals surface area contributed by atoms with Gasteiger partial charge in [-0.2, -0.15) is 5.26 Å². The number of nitrogens with zero attached hydrogens (tertiary/aromatic N) is 1. The summed E-state index contributed by atoms with van der Waals surface area (Å²) < 4.78 is 17.1. The van der Waals surface area contributed by atoms with E-state index in [9.17, 15) is 14.9 Å². The maximum atomic E-state index is 12.8. The normalized spacial score (nSPS) is 17.4. The molecular formula is C26H25N3O5. The Balaban J connectivity index is 1.60. The Kier molecular flexibility index (Phi) is 6.83. The van der Waals surface area contributed by atoms with E-state index in [1.807, 2.05) is 25.1 Å². The number of ether oxygens (including phenoxy) is 3. The molecule has 0 saturated carbocycles. The summed E-state index contributed by atoms with van der Waals surface area (Å²) >= 11 is 0. The van der Waals surface area contributed by atoms with Crippen molar-refractivity contribution in [3.8, 4) is 17.6 Å². The number of rotatable bonds is 7. The van der Waals surface area contributed by atoms with Gasteiger partial charge in [0.1, 0.15) is 17.4 Å². The Hall–Kier alpha value is -4.25. The van der Waals surface area contributed by atoms with Gasteiger partial charge in [0, 0.05) is 24.1 Å². The van der Waals surface area contributed by atoms with Crippen LogP contribution in [0.25, 0.3) is 0 Å². The smallest absolute Gasteiger partial charge is 0.262 e. The fraction of sp³-hybridized carbons (Fsp3) is 0.269. The molecule has 8 heteroatoms. The van der Waals surface area contributed by atoms with Crippen LogP contribution >= 0.6 is 0 Å². The first kappa shape index (κ1) is 22.9. The highest BCUT2D eigenvalue weighted by Crippen LogP contribution is 2.45. The molecule has 0 spiro atoms. The van der Waals surface area contributed by atoms with Crippen LogP contribution < -0.4 is 20.5 Å². The number of carbonyl (C=O) groups excluding carboxylic acids is 2. The van der Waals surface area contributed by atoms with Crippen LogP contribution in [-0.4, -0.2) is 24.9 Å². The molecule has 2 aliphatic rings. The van der Waals surface area contributed by atoms with E-state index in [0.29, 0.717) is 60.0 Å². The third kappa shape index (κ3) is 4.74. The number of nitrogens with one attached hydrogen (secondary N) is 1. The number of Topliss-reactive ketones (excluding diaryl/α,β-unsaturated/α-hetero) is 1. The van der Waals surface area contributed by atoms with Gasteiger partial charge in [-0.15, -0.1) is 0 Å². The minimum absolute atomic E-state index is 0.0109. The molecule has 0 aromatic heterocycles. The quantitative estimate of drug-likeness (QED) is 0.643. The van der Waals surface area contributed by atoms with E-state index < -0.39 is 5.92 Å². The highest BCUT2D eigenvalue weighted by atomic mass is 16.5. The molecule has 0 radical (unpaired) electrons. The summed E-state index contributed by atoms with van der Waals surface area (Å²) in [6.45, 7) is 1.98. The molecule has 1 heterocycles. The van der Waals surface area contributed by atoms with Gasteiger partial charge in [0.05, 0.1) is 12.5 Å². The van der Waals surface area contributed by atoms with Crippen LogP contribution in [0.1, 0.15) is 37.7 Å². The van der Waals surface area contributed by atoms with Gasteiger partial charge in [0.2, 0.25) is 5.88 Å². The van der Waals surface area contributed by atoms with Crippen molar-refractivity contribution in [2.24, 2.45) is 5.73 Å². The zero-order valence-corrected chi connectivity index (χ0v) is 18.8. The van der Waals surface area contributed by atoms with Crippen LogP contribution in [0.4, 0.5) is 5.69 Å². The van der Waals surface area contributed by atoms with Crippen LogP contribution in [0.15, 0.2) is 71.3 Å². The topological polar surface area (TPSA) is 124 Å². The molecule has 2 aromatic rings. The zero-order chi connectivity index (χ0) is 24.1. The van der Waals surface area contributed by atoms with Gasteiger partial charge in [0.15, 0.2) is 23.9 Å². The molecule has 174 valence electrons. The van der Waals surface area contributed by atoms with E-state index >= 15 is 0 Å². The number of anilines is 1. The Morgan fingerprint density at radius 1 is 1.18 bits per heavy atom. The molecule has 2 aromatic carbocycles. The second-order valence-electron chi connectivity index (χ2n) is 7.88.